The first-order valence-corrected chi connectivity index (χ1v) is 4.16. The van der Waals surface area contributed by atoms with Crippen LogP contribution in [0.4, 0.5) is 5.69 Å². The number of halogens is 1. The lowest BCUT2D eigenvalue weighted by Crippen LogP contribution is -1.94. The number of allylic oxidation sites excluding steroid dienone is 1. The minimum atomic E-state index is 0.734. The lowest BCUT2D eigenvalue weighted by Gasteiger charge is -2.07. The molecule has 64 valence electrons. The quantitative estimate of drug-likeness (QED) is 0.735. The molecule has 1 rings (SSSR count). The molecule has 1 aromatic carbocycles. The van der Waals surface area contributed by atoms with Gasteiger partial charge in [-0.1, -0.05) is 24.2 Å². The molecule has 0 amide bonds. The van der Waals surface area contributed by atoms with Crippen LogP contribution in [0.5, 0.6) is 0 Å². The molecule has 0 saturated carbocycles. The van der Waals surface area contributed by atoms with Gasteiger partial charge in [-0.05, 0) is 31.5 Å². The van der Waals surface area contributed by atoms with E-state index in [4.69, 9.17) is 11.6 Å². The van der Waals surface area contributed by atoms with Gasteiger partial charge in [0.2, 0.25) is 0 Å². The van der Waals surface area contributed by atoms with E-state index in [2.05, 4.69) is 11.9 Å². The molecule has 0 saturated heterocycles. The summed E-state index contributed by atoms with van der Waals surface area (Å²) in [6.07, 6.45) is 0. The molecule has 0 heterocycles. The summed E-state index contributed by atoms with van der Waals surface area (Å²) >= 11 is 5.97. The van der Waals surface area contributed by atoms with E-state index >= 15 is 0 Å². The van der Waals surface area contributed by atoms with Crippen LogP contribution in [0.15, 0.2) is 30.5 Å². The molecule has 0 bridgehead atoms. The SMILES string of the molecule is C=C(C)Nc1ccc(C)cc1Cl. The van der Waals surface area contributed by atoms with E-state index in [1.807, 2.05) is 32.0 Å². The first-order valence-electron chi connectivity index (χ1n) is 3.78. The Balaban J connectivity index is 2.93. The van der Waals surface area contributed by atoms with Gasteiger partial charge in [0.25, 0.3) is 0 Å². The van der Waals surface area contributed by atoms with Crippen LogP contribution in [-0.2, 0) is 0 Å². The number of rotatable bonds is 2. The summed E-state index contributed by atoms with van der Waals surface area (Å²) in [6, 6.07) is 5.89. The van der Waals surface area contributed by atoms with Crippen molar-refractivity contribution in [1.29, 1.82) is 0 Å². The molecule has 12 heavy (non-hydrogen) atoms. The van der Waals surface area contributed by atoms with Crippen LogP contribution in [0, 0.1) is 6.92 Å². The van der Waals surface area contributed by atoms with Crippen molar-refractivity contribution in [3.63, 3.8) is 0 Å². The maximum absolute atomic E-state index is 5.97. The Labute approximate surface area is 78.1 Å². The molecule has 0 radical (unpaired) electrons. The van der Waals surface area contributed by atoms with Crippen molar-refractivity contribution < 1.29 is 0 Å². The van der Waals surface area contributed by atoms with Gasteiger partial charge >= 0.3 is 0 Å². The fraction of sp³-hybridized carbons (Fsp3) is 0.200. The van der Waals surface area contributed by atoms with Crippen molar-refractivity contribution in [2.75, 3.05) is 5.32 Å². The standard InChI is InChI=1S/C10H12ClN/c1-7(2)12-10-5-4-8(3)6-9(10)11/h4-6,12H,1H2,2-3H3. The van der Waals surface area contributed by atoms with Crippen LogP contribution in [0.1, 0.15) is 12.5 Å². The van der Waals surface area contributed by atoms with E-state index in [1.54, 1.807) is 0 Å². The highest BCUT2D eigenvalue weighted by atomic mass is 35.5. The van der Waals surface area contributed by atoms with Gasteiger partial charge in [0.05, 0.1) is 10.7 Å². The highest BCUT2D eigenvalue weighted by Crippen LogP contribution is 2.23. The van der Waals surface area contributed by atoms with Crippen molar-refractivity contribution in [2.45, 2.75) is 13.8 Å². The van der Waals surface area contributed by atoms with Gasteiger partial charge in [0.1, 0.15) is 0 Å². The number of anilines is 1. The summed E-state index contributed by atoms with van der Waals surface area (Å²) in [5, 5.41) is 3.81. The zero-order chi connectivity index (χ0) is 9.14. The number of hydrogen-bond donors (Lipinski definition) is 1. The van der Waals surface area contributed by atoms with Crippen LogP contribution in [-0.4, -0.2) is 0 Å². The normalized spacial score (nSPS) is 9.58. The molecule has 1 nitrogen and oxygen atoms in total. The number of nitrogens with one attached hydrogen (secondary N) is 1. The zero-order valence-electron chi connectivity index (χ0n) is 7.32. The highest BCUT2D eigenvalue weighted by molar-refractivity contribution is 6.33. The Bertz CT molecular complexity index is 305. The average Bonchev–Trinajstić information content (AvgIpc) is 1.94. The lowest BCUT2D eigenvalue weighted by molar-refractivity contribution is 1.38. The first-order chi connectivity index (χ1) is 5.59. The molecular weight excluding hydrogens is 170 g/mol. The second kappa shape index (κ2) is 3.63. The topological polar surface area (TPSA) is 12.0 Å². The van der Waals surface area contributed by atoms with E-state index in [0.717, 1.165) is 22.0 Å². The maximum Gasteiger partial charge on any atom is 0.0643 e. The third-order valence-electron chi connectivity index (χ3n) is 1.47. The van der Waals surface area contributed by atoms with Gasteiger partial charge in [-0.2, -0.15) is 0 Å². The Hall–Kier alpha value is -0.950. The molecule has 2 heteroatoms. The van der Waals surface area contributed by atoms with Crippen LogP contribution < -0.4 is 5.32 Å². The van der Waals surface area contributed by atoms with E-state index in [1.165, 1.54) is 0 Å². The molecular formula is C10H12ClN. The second-order valence-electron chi connectivity index (χ2n) is 2.89. The van der Waals surface area contributed by atoms with E-state index in [0.29, 0.717) is 0 Å². The van der Waals surface area contributed by atoms with Crippen molar-refractivity contribution in [3.05, 3.63) is 41.1 Å². The molecule has 0 aliphatic carbocycles. The summed E-state index contributed by atoms with van der Waals surface area (Å²) in [7, 11) is 0. The van der Waals surface area contributed by atoms with Gasteiger partial charge in [-0.15, -0.1) is 0 Å². The van der Waals surface area contributed by atoms with Gasteiger partial charge in [-0.3, -0.25) is 0 Å². The smallest absolute Gasteiger partial charge is 0.0643 e. The van der Waals surface area contributed by atoms with E-state index in [9.17, 15) is 0 Å². The fourth-order valence-electron chi connectivity index (χ4n) is 0.951. The number of hydrogen-bond acceptors (Lipinski definition) is 1. The third kappa shape index (κ3) is 2.28. The highest BCUT2D eigenvalue weighted by Gasteiger charge is 1.98. The Morgan fingerprint density at radius 1 is 1.50 bits per heavy atom. The Kier molecular flexibility index (Phi) is 2.77. The molecule has 0 aliphatic rings. The van der Waals surface area contributed by atoms with Crippen molar-refractivity contribution in [2.24, 2.45) is 0 Å². The molecule has 1 N–H and O–H groups in total. The minimum Gasteiger partial charge on any atom is -0.359 e. The number of aryl methyl sites for hydroxylation is 1. The summed E-state index contributed by atoms with van der Waals surface area (Å²) in [5.41, 5.74) is 2.96. The molecule has 0 aromatic heterocycles. The molecule has 0 aliphatic heterocycles. The van der Waals surface area contributed by atoms with Gasteiger partial charge in [0, 0.05) is 5.70 Å². The molecule has 0 atom stereocenters. The lowest BCUT2D eigenvalue weighted by atomic mass is 10.2. The summed E-state index contributed by atoms with van der Waals surface area (Å²) < 4.78 is 0. The zero-order valence-corrected chi connectivity index (χ0v) is 8.07. The minimum absolute atomic E-state index is 0.734. The van der Waals surface area contributed by atoms with E-state index < -0.39 is 0 Å². The van der Waals surface area contributed by atoms with Crippen molar-refractivity contribution in [3.8, 4) is 0 Å². The molecule has 1 aromatic rings. The molecule has 0 spiro atoms. The molecule has 0 unspecified atom stereocenters. The van der Waals surface area contributed by atoms with Crippen LogP contribution in [0.3, 0.4) is 0 Å². The summed E-state index contributed by atoms with van der Waals surface area (Å²) in [6.45, 7) is 7.65. The van der Waals surface area contributed by atoms with Gasteiger partial charge in [-0.25, -0.2) is 0 Å². The Morgan fingerprint density at radius 3 is 2.67 bits per heavy atom. The predicted octanol–water partition coefficient (Wildman–Crippen LogP) is 3.59. The second-order valence-corrected chi connectivity index (χ2v) is 3.30. The fourth-order valence-corrected chi connectivity index (χ4v) is 1.23. The van der Waals surface area contributed by atoms with Crippen LogP contribution >= 0.6 is 11.6 Å². The largest absolute Gasteiger partial charge is 0.359 e. The van der Waals surface area contributed by atoms with Crippen LogP contribution in [0.25, 0.3) is 0 Å². The predicted molar refractivity (Wildman–Crippen MR) is 54.6 cm³/mol. The van der Waals surface area contributed by atoms with Crippen LogP contribution in [0.2, 0.25) is 5.02 Å². The third-order valence-corrected chi connectivity index (χ3v) is 1.79. The summed E-state index contributed by atoms with van der Waals surface area (Å²) in [4.78, 5) is 0. The maximum atomic E-state index is 5.97. The van der Waals surface area contributed by atoms with Gasteiger partial charge in [0.15, 0.2) is 0 Å². The van der Waals surface area contributed by atoms with Crippen molar-refractivity contribution >= 4 is 17.3 Å². The average molecular weight is 182 g/mol. The first kappa shape index (κ1) is 9.14. The van der Waals surface area contributed by atoms with Crippen molar-refractivity contribution in [1.82, 2.24) is 0 Å². The van der Waals surface area contributed by atoms with E-state index in [-0.39, 0.29) is 0 Å². The molecule has 0 fully saturated rings. The van der Waals surface area contributed by atoms with Gasteiger partial charge < -0.3 is 5.32 Å². The summed E-state index contributed by atoms with van der Waals surface area (Å²) in [5.74, 6) is 0. The number of benzene rings is 1. The monoisotopic (exact) mass is 181 g/mol. The Morgan fingerprint density at radius 2 is 2.17 bits per heavy atom.